The first-order valence-corrected chi connectivity index (χ1v) is 8.45. The molecule has 0 bridgehead atoms. The van der Waals surface area contributed by atoms with Gasteiger partial charge in [0.1, 0.15) is 0 Å². The van der Waals surface area contributed by atoms with E-state index in [1.807, 2.05) is 52.5 Å². The number of guanidine groups is 1. The van der Waals surface area contributed by atoms with Gasteiger partial charge in [0.25, 0.3) is 0 Å². The first-order chi connectivity index (χ1) is 12.0. The second-order valence-electron chi connectivity index (χ2n) is 5.78. The van der Waals surface area contributed by atoms with Crippen LogP contribution in [0.4, 0.5) is 0 Å². The van der Waals surface area contributed by atoms with E-state index >= 15 is 0 Å². The predicted molar refractivity (Wildman–Crippen MR) is 98.8 cm³/mol. The van der Waals surface area contributed by atoms with Crippen molar-refractivity contribution in [2.75, 3.05) is 20.2 Å². The second kappa shape index (κ2) is 8.96. The van der Waals surface area contributed by atoms with E-state index in [2.05, 4.69) is 20.3 Å². The normalized spacial score (nSPS) is 11.4. The van der Waals surface area contributed by atoms with Crippen LogP contribution >= 0.6 is 0 Å². The van der Waals surface area contributed by atoms with Gasteiger partial charge in [-0.3, -0.25) is 4.68 Å². The molecule has 136 valence electrons. The topological polar surface area (TPSA) is 74.9 Å². The Morgan fingerprint density at radius 3 is 2.80 bits per heavy atom. The number of phenols is 1. The van der Waals surface area contributed by atoms with Gasteiger partial charge in [0.05, 0.1) is 19.3 Å². The number of aliphatic imine (C=N–C) groups is 1. The highest BCUT2D eigenvalue weighted by Crippen LogP contribution is 2.27. The minimum atomic E-state index is 0.148. The average Bonchev–Trinajstić information content (AvgIpc) is 2.99. The smallest absolute Gasteiger partial charge is 0.194 e. The summed E-state index contributed by atoms with van der Waals surface area (Å²) < 4.78 is 7.22. The van der Waals surface area contributed by atoms with Crippen LogP contribution in [-0.2, 0) is 20.1 Å². The number of aromatic hydroxyl groups is 1. The van der Waals surface area contributed by atoms with Crippen molar-refractivity contribution < 1.29 is 9.84 Å². The van der Waals surface area contributed by atoms with Crippen LogP contribution in [-0.4, -0.2) is 45.9 Å². The quantitative estimate of drug-likeness (QED) is 0.594. The van der Waals surface area contributed by atoms with E-state index in [0.717, 1.165) is 30.2 Å². The van der Waals surface area contributed by atoms with E-state index in [9.17, 15) is 5.11 Å². The third-order valence-electron chi connectivity index (χ3n) is 3.61. The lowest BCUT2D eigenvalue weighted by Gasteiger charge is -2.21. The maximum absolute atomic E-state index is 9.79. The monoisotopic (exact) mass is 345 g/mol. The second-order valence-corrected chi connectivity index (χ2v) is 5.78. The van der Waals surface area contributed by atoms with Gasteiger partial charge in [0, 0.05) is 38.9 Å². The molecule has 0 aliphatic carbocycles. The Balaban J connectivity index is 2.09. The molecule has 7 heteroatoms. The van der Waals surface area contributed by atoms with E-state index in [4.69, 9.17) is 4.74 Å². The lowest BCUT2D eigenvalue weighted by atomic mass is 10.2. The third kappa shape index (κ3) is 5.41. The number of hydrogen-bond donors (Lipinski definition) is 2. The number of aryl methyl sites for hydroxylation is 1. The highest BCUT2D eigenvalue weighted by atomic mass is 16.5. The number of hydrogen-bond acceptors (Lipinski definition) is 4. The molecule has 0 amide bonds. The van der Waals surface area contributed by atoms with Gasteiger partial charge in [-0.2, -0.15) is 5.10 Å². The standard InChI is InChI=1S/C18H27N5O2/c1-5-19-18(22(3)12-15-11-21-23(4)13-15)20-10-14-7-8-16(24)17(9-14)25-6-2/h7-9,11,13,24H,5-6,10,12H2,1-4H3,(H,19,20). The number of nitrogens with zero attached hydrogens (tertiary/aromatic N) is 4. The molecule has 0 aliphatic rings. The van der Waals surface area contributed by atoms with Gasteiger partial charge in [0.15, 0.2) is 17.5 Å². The van der Waals surface area contributed by atoms with Gasteiger partial charge in [-0.1, -0.05) is 6.07 Å². The fraction of sp³-hybridized carbons (Fsp3) is 0.444. The predicted octanol–water partition coefficient (Wildman–Crippen LogP) is 2.12. The summed E-state index contributed by atoms with van der Waals surface area (Å²) in [4.78, 5) is 6.74. The molecular formula is C18H27N5O2. The van der Waals surface area contributed by atoms with Crippen molar-refractivity contribution in [3.63, 3.8) is 0 Å². The van der Waals surface area contributed by atoms with E-state index < -0.39 is 0 Å². The Bertz CT molecular complexity index is 711. The van der Waals surface area contributed by atoms with E-state index in [-0.39, 0.29) is 5.75 Å². The minimum Gasteiger partial charge on any atom is -0.504 e. The zero-order valence-electron chi connectivity index (χ0n) is 15.4. The van der Waals surface area contributed by atoms with Gasteiger partial charge < -0.3 is 20.1 Å². The molecule has 0 aliphatic heterocycles. The number of benzene rings is 1. The summed E-state index contributed by atoms with van der Waals surface area (Å²) >= 11 is 0. The van der Waals surface area contributed by atoms with Crippen molar-refractivity contribution in [1.82, 2.24) is 20.0 Å². The van der Waals surface area contributed by atoms with Crippen LogP contribution in [0.3, 0.4) is 0 Å². The summed E-state index contributed by atoms with van der Waals surface area (Å²) in [7, 11) is 3.90. The molecule has 0 atom stereocenters. The Labute approximate surface area is 148 Å². The van der Waals surface area contributed by atoms with Crippen molar-refractivity contribution in [3.8, 4) is 11.5 Å². The fourth-order valence-corrected chi connectivity index (χ4v) is 2.47. The summed E-state index contributed by atoms with van der Waals surface area (Å²) in [6, 6.07) is 5.32. The molecule has 25 heavy (non-hydrogen) atoms. The van der Waals surface area contributed by atoms with Gasteiger partial charge in [-0.05, 0) is 31.5 Å². The molecule has 7 nitrogen and oxygen atoms in total. The molecule has 0 spiro atoms. The summed E-state index contributed by atoms with van der Waals surface area (Å²) in [6.07, 6.45) is 3.85. The SMILES string of the molecule is CCNC(=NCc1ccc(O)c(OCC)c1)N(C)Cc1cnn(C)c1. The molecular weight excluding hydrogens is 318 g/mol. The van der Waals surface area contributed by atoms with Crippen LogP contribution in [0.5, 0.6) is 11.5 Å². The van der Waals surface area contributed by atoms with E-state index in [1.54, 1.807) is 10.7 Å². The molecule has 0 saturated heterocycles. The van der Waals surface area contributed by atoms with Crippen molar-refractivity contribution >= 4 is 5.96 Å². The largest absolute Gasteiger partial charge is 0.504 e. The van der Waals surface area contributed by atoms with Gasteiger partial charge in [-0.15, -0.1) is 0 Å². The number of aromatic nitrogens is 2. The molecule has 1 aromatic heterocycles. The summed E-state index contributed by atoms with van der Waals surface area (Å²) in [5.41, 5.74) is 2.10. The summed E-state index contributed by atoms with van der Waals surface area (Å²) in [5, 5.41) is 17.3. The van der Waals surface area contributed by atoms with Crippen LogP contribution in [0.2, 0.25) is 0 Å². The Kier molecular flexibility index (Phi) is 6.68. The van der Waals surface area contributed by atoms with E-state index in [0.29, 0.717) is 18.9 Å². The number of rotatable bonds is 7. The minimum absolute atomic E-state index is 0.148. The third-order valence-corrected chi connectivity index (χ3v) is 3.61. The summed E-state index contributed by atoms with van der Waals surface area (Å²) in [5.74, 6) is 1.46. The van der Waals surface area contributed by atoms with Gasteiger partial charge >= 0.3 is 0 Å². The number of phenolic OH excluding ortho intramolecular Hbond substituents is 1. The number of nitrogens with one attached hydrogen (secondary N) is 1. The Morgan fingerprint density at radius 1 is 1.36 bits per heavy atom. The van der Waals surface area contributed by atoms with Crippen molar-refractivity contribution in [1.29, 1.82) is 0 Å². The van der Waals surface area contributed by atoms with Crippen molar-refractivity contribution in [2.45, 2.75) is 26.9 Å². The van der Waals surface area contributed by atoms with Crippen LogP contribution in [0, 0.1) is 0 Å². The molecule has 0 fully saturated rings. The molecule has 1 heterocycles. The van der Waals surface area contributed by atoms with E-state index in [1.165, 1.54) is 0 Å². The molecule has 0 unspecified atom stereocenters. The lowest BCUT2D eigenvalue weighted by Crippen LogP contribution is -2.38. The van der Waals surface area contributed by atoms with Crippen LogP contribution in [0.25, 0.3) is 0 Å². The maximum atomic E-state index is 9.79. The highest BCUT2D eigenvalue weighted by Gasteiger charge is 2.09. The molecule has 2 aromatic rings. The number of ether oxygens (including phenoxy) is 1. The van der Waals surface area contributed by atoms with Crippen LogP contribution < -0.4 is 10.1 Å². The maximum Gasteiger partial charge on any atom is 0.194 e. The molecule has 0 saturated carbocycles. The molecule has 1 aromatic carbocycles. The zero-order valence-corrected chi connectivity index (χ0v) is 15.4. The first-order valence-electron chi connectivity index (χ1n) is 8.45. The first kappa shape index (κ1) is 18.6. The Hall–Kier alpha value is -2.70. The molecule has 0 radical (unpaired) electrons. The highest BCUT2D eigenvalue weighted by molar-refractivity contribution is 5.79. The van der Waals surface area contributed by atoms with Gasteiger partial charge in [0.2, 0.25) is 0 Å². The van der Waals surface area contributed by atoms with Gasteiger partial charge in [-0.25, -0.2) is 4.99 Å². The Morgan fingerprint density at radius 2 is 2.16 bits per heavy atom. The fourth-order valence-electron chi connectivity index (χ4n) is 2.47. The zero-order chi connectivity index (χ0) is 18.2. The molecule has 2 rings (SSSR count). The van der Waals surface area contributed by atoms with Crippen LogP contribution in [0.1, 0.15) is 25.0 Å². The lowest BCUT2D eigenvalue weighted by molar-refractivity contribution is 0.318. The van der Waals surface area contributed by atoms with Crippen molar-refractivity contribution in [2.24, 2.45) is 12.0 Å². The average molecular weight is 345 g/mol. The van der Waals surface area contributed by atoms with Crippen LogP contribution in [0.15, 0.2) is 35.6 Å². The van der Waals surface area contributed by atoms with Crippen molar-refractivity contribution in [3.05, 3.63) is 41.7 Å². The summed E-state index contributed by atoms with van der Waals surface area (Å²) in [6.45, 7) is 6.45. The molecule has 2 N–H and O–H groups in total.